The summed E-state index contributed by atoms with van der Waals surface area (Å²) in [5.74, 6) is 1.45. The maximum absolute atomic E-state index is 5.84. The number of benzene rings is 2. The number of aromatic amines is 1. The smallest absolute Gasteiger partial charge is 0.204 e. The first-order chi connectivity index (χ1) is 12.9. The van der Waals surface area contributed by atoms with E-state index < -0.39 is 0 Å². The second-order valence-electron chi connectivity index (χ2n) is 6.47. The van der Waals surface area contributed by atoms with Crippen LogP contribution in [0.1, 0.15) is 44.1 Å². The van der Waals surface area contributed by atoms with Crippen molar-refractivity contribution in [1.82, 2.24) is 20.6 Å². The van der Waals surface area contributed by atoms with E-state index >= 15 is 0 Å². The molecule has 0 aliphatic carbocycles. The molecule has 3 rings (SSSR count). The van der Waals surface area contributed by atoms with Crippen molar-refractivity contribution in [3.05, 3.63) is 60.2 Å². The molecule has 0 radical (unpaired) electrons. The minimum absolute atomic E-state index is 0.589. The van der Waals surface area contributed by atoms with Gasteiger partial charge in [0.05, 0.1) is 6.61 Å². The zero-order chi connectivity index (χ0) is 17.9. The van der Waals surface area contributed by atoms with Crippen LogP contribution in [0.4, 0.5) is 0 Å². The predicted octanol–water partition coefficient (Wildman–Crippen LogP) is 4.83. The lowest BCUT2D eigenvalue weighted by Crippen LogP contribution is -1.97. The Morgan fingerprint density at radius 1 is 0.808 bits per heavy atom. The van der Waals surface area contributed by atoms with Crippen LogP contribution in [-0.4, -0.2) is 27.2 Å². The van der Waals surface area contributed by atoms with Gasteiger partial charge in [0.25, 0.3) is 0 Å². The number of aryl methyl sites for hydroxylation is 1. The Morgan fingerprint density at radius 3 is 2.42 bits per heavy atom. The highest BCUT2D eigenvalue weighted by atomic mass is 16.5. The molecule has 0 amide bonds. The third-order valence-corrected chi connectivity index (χ3v) is 4.41. The van der Waals surface area contributed by atoms with Crippen molar-refractivity contribution in [3.8, 4) is 17.1 Å². The van der Waals surface area contributed by atoms with Gasteiger partial charge in [0, 0.05) is 5.56 Å². The average molecular weight is 350 g/mol. The highest BCUT2D eigenvalue weighted by Crippen LogP contribution is 2.20. The van der Waals surface area contributed by atoms with Crippen LogP contribution in [0.5, 0.6) is 5.75 Å². The zero-order valence-electron chi connectivity index (χ0n) is 15.1. The maximum atomic E-state index is 5.84. The first-order valence-corrected chi connectivity index (χ1v) is 9.42. The van der Waals surface area contributed by atoms with E-state index in [0.29, 0.717) is 5.82 Å². The highest BCUT2D eigenvalue weighted by Gasteiger charge is 2.04. The molecule has 0 aliphatic rings. The number of unbranched alkanes of at least 4 members (excludes halogenated alkanes) is 5. The maximum Gasteiger partial charge on any atom is 0.204 e. The molecule has 1 N–H and O–H groups in total. The first-order valence-electron chi connectivity index (χ1n) is 9.42. The van der Waals surface area contributed by atoms with Gasteiger partial charge in [-0.1, -0.05) is 68.1 Å². The van der Waals surface area contributed by atoms with Gasteiger partial charge in [-0.3, -0.25) is 0 Å². The summed E-state index contributed by atoms with van der Waals surface area (Å²) < 4.78 is 5.84. The van der Waals surface area contributed by atoms with E-state index in [4.69, 9.17) is 4.74 Å². The third kappa shape index (κ3) is 5.99. The Labute approximate surface area is 154 Å². The SMILES string of the molecule is c1ccc(CCCCCCCCOc2cccc(-c3nn[nH]n3)c2)cc1. The zero-order valence-corrected chi connectivity index (χ0v) is 15.1. The number of hydrogen-bond acceptors (Lipinski definition) is 4. The van der Waals surface area contributed by atoms with Gasteiger partial charge in [-0.25, -0.2) is 0 Å². The molecule has 1 heterocycles. The van der Waals surface area contributed by atoms with Crippen molar-refractivity contribution in [2.75, 3.05) is 6.61 Å². The molecule has 136 valence electrons. The number of nitrogens with one attached hydrogen (secondary N) is 1. The molecule has 0 aliphatic heterocycles. The second kappa shape index (κ2) is 10.3. The van der Waals surface area contributed by atoms with Gasteiger partial charge in [0.15, 0.2) is 0 Å². The van der Waals surface area contributed by atoms with Crippen LogP contribution in [0.25, 0.3) is 11.4 Å². The number of ether oxygens (including phenoxy) is 1. The lowest BCUT2D eigenvalue weighted by atomic mass is 10.1. The first kappa shape index (κ1) is 18.1. The lowest BCUT2D eigenvalue weighted by Gasteiger charge is -2.07. The summed E-state index contributed by atoms with van der Waals surface area (Å²) in [6, 6.07) is 18.6. The summed E-state index contributed by atoms with van der Waals surface area (Å²) in [5, 5.41) is 14.0. The fourth-order valence-corrected chi connectivity index (χ4v) is 2.98. The predicted molar refractivity (Wildman–Crippen MR) is 103 cm³/mol. The third-order valence-electron chi connectivity index (χ3n) is 4.41. The van der Waals surface area contributed by atoms with Crippen LogP contribution in [0, 0.1) is 0 Å². The van der Waals surface area contributed by atoms with Crippen LogP contribution < -0.4 is 4.74 Å². The number of rotatable bonds is 11. The summed E-state index contributed by atoms with van der Waals surface area (Å²) >= 11 is 0. The molecule has 5 heteroatoms. The average Bonchev–Trinajstić information content (AvgIpc) is 3.23. The van der Waals surface area contributed by atoms with Gasteiger partial charge in [-0.15, -0.1) is 10.2 Å². The van der Waals surface area contributed by atoms with E-state index in [1.165, 1.54) is 44.1 Å². The van der Waals surface area contributed by atoms with Crippen molar-refractivity contribution in [2.45, 2.75) is 44.9 Å². The minimum Gasteiger partial charge on any atom is -0.494 e. The number of tetrazole rings is 1. The van der Waals surface area contributed by atoms with E-state index in [0.717, 1.165) is 24.3 Å². The molecule has 3 aromatic rings. The molecular weight excluding hydrogens is 324 g/mol. The molecule has 0 bridgehead atoms. The van der Waals surface area contributed by atoms with Gasteiger partial charge in [0.1, 0.15) is 5.75 Å². The van der Waals surface area contributed by atoms with E-state index in [9.17, 15) is 0 Å². The topological polar surface area (TPSA) is 63.7 Å². The standard InChI is InChI=1S/C21H26N4O/c1(3-6-11-18-12-7-5-8-13-18)2-4-9-16-26-20-15-10-14-19(17-20)21-22-24-25-23-21/h5,7-8,10,12-15,17H,1-4,6,9,11,16H2,(H,22,23,24,25). The largest absolute Gasteiger partial charge is 0.494 e. The van der Waals surface area contributed by atoms with Crippen LogP contribution in [0.3, 0.4) is 0 Å². The van der Waals surface area contributed by atoms with Crippen molar-refractivity contribution in [3.63, 3.8) is 0 Å². The molecule has 5 nitrogen and oxygen atoms in total. The summed E-state index contributed by atoms with van der Waals surface area (Å²) in [5.41, 5.74) is 2.36. The lowest BCUT2D eigenvalue weighted by molar-refractivity contribution is 0.304. The van der Waals surface area contributed by atoms with Gasteiger partial charge in [0.2, 0.25) is 5.82 Å². The van der Waals surface area contributed by atoms with Crippen molar-refractivity contribution < 1.29 is 4.74 Å². The molecule has 2 aromatic carbocycles. The van der Waals surface area contributed by atoms with E-state index in [1.54, 1.807) is 0 Å². The second-order valence-corrected chi connectivity index (χ2v) is 6.47. The Morgan fingerprint density at radius 2 is 1.62 bits per heavy atom. The fraction of sp³-hybridized carbons (Fsp3) is 0.381. The van der Waals surface area contributed by atoms with Gasteiger partial charge in [-0.05, 0) is 42.2 Å². The summed E-state index contributed by atoms with van der Waals surface area (Å²) in [6.45, 7) is 0.750. The van der Waals surface area contributed by atoms with Gasteiger partial charge < -0.3 is 4.74 Å². The van der Waals surface area contributed by atoms with Crippen LogP contribution in [0.15, 0.2) is 54.6 Å². The molecule has 0 unspecified atom stereocenters. The summed E-state index contributed by atoms with van der Waals surface area (Å²) in [6.07, 6.45) is 8.68. The van der Waals surface area contributed by atoms with Crippen molar-refractivity contribution in [2.24, 2.45) is 0 Å². The fourth-order valence-electron chi connectivity index (χ4n) is 2.98. The van der Waals surface area contributed by atoms with Gasteiger partial charge >= 0.3 is 0 Å². The summed E-state index contributed by atoms with van der Waals surface area (Å²) in [7, 11) is 0. The van der Waals surface area contributed by atoms with E-state index in [2.05, 4.69) is 51.0 Å². The monoisotopic (exact) mass is 350 g/mol. The summed E-state index contributed by atoms with van der Waals surface area (Å²) in [4.78, 5) is 0. The normalized spacial score (nSPS) is 10.8. The molecule has 1 aromatic heterocycles. The number of H-pyrrole nitrogens is 1. The quantitative estimate of drug-likeness (QED) is 0.503. The Hall–Kier alpha value is -2.69. The Balaban J connectivity index is 1.24. The number of nitrogens with zero attached hydrogens (tertiary/aromatic N) is 3. The van der Waals surface area contributed by atoms with Crippen LogP contribution in [0.2, 0.25) is 0 Å². The molecule has 26 heavy (non-hydrogen) atoms. The number of aromatic nitrogens is 4. The Kier molecular flexibility index (Phi) is 7.20. The highest BCUT2D eigenvalue weighted by molar-refractivity contribution is 5.56. The van der Waals surface area contributed by atoms with E-state index in [-0.39, 0.29) is 0 Å². The van der Waals surface area contributed by atoms with Crippen LogP contribution in [-0.2, 0) is 6.42 Å². The molecule has 0 fully saturated rings. The van der Waals surface area contributed by atoms with E-state index in [1.807, 2.05) is 24.3 Å². The molecule has 0 atom stereocenters. The van der Waals surface area contributed by atoms with Crippen LogP contribution >= 0.6 is 0 Å². The Bertz CT molecular complexity index is 744. The molecular formula is C21H26N4O. The molecule has 0 spiro atoms. The van der Waals surface area contributed by atoms with Gasteiger partial charge in [-0.2, -0.15) is 5.21 Å². The molecule has 0 saturated carbocycles. The van der Waals surface area contributed by atoms with Crippen molar-refractivity contribution >= 4 is 0 Å². The van der Waals surface area contributed by atoms with Crippen molar-refractivity contribution in [1.29, 1.82) is 0 Å². The number of hydrogen-bond donors (Lipinski definition) is 1. The molecule has 0 saturated heterocycles. The minimum atomic E-state index is 0.589.